The third kappa shape index (κ3) is 7.79. The molecule has 2 aromatic heterocycles. The second kappa shape index (κ2) is 12.9. The molecule has 1 fully saturated rings. The van der Waals surface area contributed by atoms with E-state index >= 15 is 0 Å². The summed E-state index contributed by atoms with van der Waals surface area (Å²) in [6, 6.07) is -0.103. The highest BCUT2D eigenvalue weighted by Crippen LogP contribution is 2.41. The summed E-state index contributed by atoms with van der Waals surface area (Å²) in [6.45, 7) is 14.4. The summed E-state index contributed by atoms with van der Waals surface area (Å²) in [5.74, 6) is -1.49. The first kappa shape index (κ1) is 33.7. The number of fused-ring (bicyclic) bond motifs is 1. The zero-order chi connectivity index (χ0) is 31.6. The molecular formula is C27H42F3N5O6Si. The zero-order valence-electron chi connectivity index (χ0n) is 25.3. The van der Waals surface area contributed by atoms with Crippen LogP contribution in [0.5, 0.6) is 0 Å². The molecule has 2 aromatic rings. The van der Waals surface area contributed by atoms with Crippen molar-refractivity contribution in [2.24, 2.45) is 5.92 Å². The maximum absolute atomic E-state index is 14.3. The molecule has 2 atom stereocenters. The van der Waals surface area contributed by atoms with Crippen LogP contribution in [0.1, 0.15) is 34.6 Å². The van der Waals surface area contributed by atoms with Crippen molar-refractivity contribution < 1.29 is 27.1 Å². The number of nitrogens with zero attached hydrogens (tertiary/aromatic N) is 3. The number of hydrogen-bond donors (Lipinski definition) is 2. The van der Waals surface area contributed by atoms with Gasteiger partial charge in [-0.1, -0.05) is 34.6 Å². The van der Waals surface area contributed by atoms with Crippen LogP contribution in [0.2, 0.25) is 18.1 Å². The molecule has 3 heterocycles. The summed E-state index contributed by atoms with van der Waals surface area (Å²) in [7, 11) is -2.88. The van der Waals surface area contributed by atoms with Crippen LogP contribution in [0.4, 0.5) is 13.2 Å². The summed E-state index contributed by atoms with van der Waals surface area (Å²) in [5, 5.41) is 1.90. The van der Waals surface area contributed by atoms with Gasteiger partial charge in [0.15, 0.2) is 14.4 Å². The summed E-state index contributed by atoms with van der Waals surface area (Å²) >= 11 is 0. The number of morpholine rings is 1. The number of rotatable bonds is 10. The third-order valence-electron chi connectivity index (χ3n) is 8.10. The summed E-state index contributed by atoms with van der Waals surface area (Å²) < 4.78 is 55.8. The molecule has 0 saturated carbocycles. The lowest BCUT2D eigenvalue weighted by Crippen LogP contribution is -2.59. The number of nitrogens with one attached hydrogen (secondary N) is 2. The summed E-state index contributed by atoms with van der Waals surface area (Å²) in [5.41, 5.74) is -2.51. The van der Waals surface area contributed by atoms with Gasteiger partial charge in [0.25, 0.3) is 11.1 Å². The molecule has 1 amide bonds. The lowest BCUT2D eigenvalue weighted by atomic mass is 9.98. The Morgan fingerprint density at radius 2 is 1.71 bits per heavy atom. The molecule has 3 rings (SSSR count). The minimum Gasteiger partial charge on any atom is -0.404 e. The maximum Gasteiger partial charge on any atom is 0.415 e. The molecule has 0 spiro atoms. The molecule has 0 aliphatic carbocycles. The van der Waals surface area contributed by atoms with Gasteiger partial charge in [-0.25, -0.2) is 4.79 Å². The summed E-state index contributed by atoms with van der Waals surface area (Å²) in [6.07, 6.45) is -5.78. The smallest absolute Gasteiger partial charge is 0.404 e. The van der Waals surface area contributed by atoms with E-state index in [0.717, 1.165) is 9.13 Å². The molecule has 0 bridgehead atoms. The van der Waals surface area contributed by atoms with Crippen molar-refractivity contribution in [1.29, 1.82) is 0 Å². The van der Waals surface area contributed by atoms with Crippen LogP contribution in [0.3, 0.4) is 0 Å². The Morgan fingerprint density at radius 1 is 1.10 bits per heavy atom. The van der Waals surface area contributed by atoms with Gasteiger partial charge in [0.1, 0.15) is 12.1 Å². The Morgan fingerprint density at radius 3 is 2.26 bits per heavy atom. The Labute approximate surface area is 243 Å². The Kier molecular flexibility index (Phi) is 10.3. The van der Waals surface area contributed by atoms with Crippen LogP contribution < -0.4 is 22.1 Å². The van der Waals surface area contributed by atoms with Gasteiger partial charge < -0.3 is 24.0 Å². The molecule has 0 radical (unpaired) electrons. The van der Waals surface area contributed by atoms with Crippen LogP contribution in [0, 0.1) is 5.92 Å². The number of ether oxygens (including phenoxy) is 1. The highest BCUT2D eigenvalue weighted by Gasteiger charge is 2.52. The van der Waals surface area contributed by atoms with Crippen LogP contribution in [0.25, 0.3) is 10.9 Å². The molecule has 2 unspecified atom stereocenters. The van der Waals surface area contributed by atoms with Gasteiger partial charge in [-0.15, -0.1) is 0 Å². The molecule has 1 aliphatic heterocycles. The molecule has 2 N–H and O–H groups in total. The van der Waals surface area contributed by atoms with Crippen LogP contribution in [-0.2, 0) is 27.0 Å². The van der Waals surface area contributed by atoms with Crippen molar-refractivity contribution in [3.8, 4) is 0 Å². The van der Waals surface area contributed by atoms with Gasteiger partial charge in [0, 0.05) is 32.4 Å². The highest BCUT2D eigenvalue weighted by atomic mass is 28.4. The zero-order valence-corrected chi connectivity index (χ0v) is 26.3. The van der Waals surface area contributed by atoms with Crippen molar-refractivity contribution in [2.75, 3.05) is 32.8 Å². The lowest BCUT2D eigenvalue weighted by Gasteiger charge is -2.42. The molecular weight excluding hydrogens is 575 g/mol. The van der Waals surface area contributed by atoms with Crippen LogP contribution in [0.15, 0.2) is 26.6 Å². The monoisotopic (exact) mass is 617 g/mol. The first-order valence-corrected chi connectivity index (χ1v) is 16.9. The number of aromatic amines is 1. The lowest BCUT2D eigenvalue weighted by molar-refractivity contribution is -0.210. The van der Waals surface area contributed by atoms with Crippen molar-refractivity contribution in [1.82, 2.24) is 24.3 Å². The van der Waals surface area contributed by atoms with E-state index in [-0.39, 0.29) is 17.4 Å². The minimum absolute atomic E-state index is 0.0294. The predicted molar refractivity (Wildman–Crippen MR) is 155 cm³/mol. The molecule has 236 valence electrons. The molecule has 42 heavy (non-hydrogen) atoms. The molecule has 15 heteroatoms. The molecule has 1 saturated heterocycles. The number of aromatic nitrogens is 3. The number of carbonyl (C=O) groups is 1. The summed E-state index contributed by atoms with van der Waals surface area (Å²) in [4.78, 5) is 56.4. The predicted octanol–water partition coefficient (Wildman–Crippen LogP) is 2.28. The first-order chi connectivity index (χ1) is 19.3. The van der Waals surface area contributed by atoms with E-state index < -0.39 is 66.9 Å². The van der Waals surface area contributed by atoms with Crippen molar-refractivity contribution >= 4 is 25.1 Å². The van der Waals surface area contributed by atoms with Gasteiger partial charge in [-0.3, -0.25) is 23.9 Å². The number of hydrogen-bond acceptors (Lipinski definition) is 7. The van der Waals surface area contributed by atoms with Crippen molar-refractivity contribution in [3.63, 3.8) is 0 Å². The van der Waals surface area contributed by atoms with Gasteiger partial charge in [0.2, 0.25) is 5.91 Å². The fourth-order valence-corrected chi connectivity index (χ4v) is 5.76. The Balaban J connectivity index is 1.84. The van der Waals surface area contributed by atoms with Crippen molar-refractivity contribution in [2.45, 2.75) is 84.2 Å². The maximum atomic E-state index is 14.3. The van der Waals surface area contributed by atoms with Gasteiger partial charge in [-0.05, 0) is 30.1 Å². The van der Waals surface area contributed by atoms with Crippen LogP contribution in [-0.4, -0.2) is 84.4 Å². The largest absolute Gasteiger partial charge is 0.415 e. The van der Waals surface area contributed by atoms with Crippen LogP contribution >= 0.6 is 0 Å². The van der Waals surface area contributed by atoms with Gasteiger partial charge in [0.05, 0.1) is 24.6 Å². The quantitative estimate of drug-likeness (QED) is 0.392. The van der Waals surface area contributed by atoms with E-state index in [1.165, 1.54) is 12.3 Å². The number of pyridine rings is 1. The van der Waals surface area contributed by atoms with E-state index in [1.54, 1.807) is 26.9 Å². The van der Waals surface area contributed by atoms with Crippen molar-refractivity contribution in [3.05, 3.63) is 43.5 Å². The second-order valence-electron chi connectivity index (χ2n) is 12.6. The number of H-pyrrole nitrogens is 1. The SMILES string of the molecule is CC(C)C(NC(=O)Cn1ccc2c(=O)n(CCN3CCOCC3)c(=O)[nH]c2c1=O)C(O[Si](C)(C)C(C)(C)C)C(F)(F)F. The number of halogens is 3. The molecule has 0 aromatic carbocycles. The van der Waals surface area contributed by atoms with E-state index in [2.05, 4.69) is 15.2 Å². The normalized spacial score (nSPS) is 17.0. The second-order valence-corrected chi connectivity index (χ2v) is 17.3. The minimum atomic E-state index is -4.75. The van der Waals surface area contributed by atoms with E-state index in [4.69, 9.17) is 9.16 Å². The standard InChI is InChI=1S/C27H42F3N5O6Si/c1-17(2)20(22(27(28,29)30)41-42(6,7)26(3,4)5)31-19(36)16-34-9-8-18-21(24(34)38)32-25(39)35(23(18)37)11-10-33-12-14-40-15-13-33/h8-9,17,20,22H,10-16H2,1-7H3,(H,31,36)(H,32,39). The van der Waals surface area contributed by atoms with Gasteiger partial charge in [-0.2, -0.15) is 13.2 Å². The highest BCUT2D eigenvalue weighted by molar-refractivity contribution is 6.74. The third-order valence-corrected chi connectivity index (χ3v) is 12.6. The fourth-order valence-electron chi connectivity index (χ4n) is 4.50. The molecule has 1 aliphatic rings. The van der Waals surface area contributed by atoms with E-state index in [9.17, 15) is 32.3 Å². The Bertz CT molecular complexity index is 1440. The van der Waals surface area contributed by atoms with E-state index in [0.29, 0.717) is 32.8 Å². The fraction of sp³-hybridized carbons (Fsp3) is 0.704. The number of carbonyl (C=O) groups excluding carboxylic acids is 1. The average molecular weight is 618 g/mol. The van der Waals surface area contributed by atoms with E-state index in [1.807, 2.05) is 20.8 Å². The number of amides is 1. The first-order valence-electron chi connectivity index (χ1n) is 14.0. The topological polar surface area (TPSA) is 128 Å². The van der Waals surface area contributed by atoms with Gasteiger partial charge >= 0.3 is 11.9 Å². The Hall–Kier alpha value is -2.75. The number of alkyl halides is 3. The average Bonchev–Trinajstić information content (AvgIpc) is 2.87. The molecule has 11 nitrogen and oxygen atoms in total.